The lowest BCUT2D eigenvalue weighted by molar-refractivity contribution is 0.0350. The number of likely N-dealkylation sites (tertiary alicyclic amines) is 1. The van der Waals surface area contributed by atoms with Gasteiger partial charge < -0.3 is 14.5 Å². The Bertz CT molecular complexity index is 656. The van der Waals surface area contributed by atoms with Gasteiger partial charge in [0.05, 0.1) is 16.5 Å². The van der Waals surface area contributed by atoms with E-state index < -0.39 is 0 Å². The first-order chi connectivity index (χ1) is 11.7. The van der Waals surface area contributed by atoms with E-state index in [0.717, 1.165) is 49.1 Å². The lowest BCUT2D eigenvalue weighted by atomic mass is 10.1. The van der Waals surface area contributed by atoms with Crippen molar-refractivity contribution in [1.82, 2.24) is 19.7 Å². The van der Waals surface area contributed by atoms with Crippen LogP contribution in [0.1, 0.15) is 31.4 Å². The molecule has 0 aromatic carbocycles. The molecule has 132 valence electrons. The van der Waals surface area contributed by atoms with E-state index in [1.165, 1.54) is 37.1 Å². The second kappa shape index (κ2) is 6.98. The van der Waals surface area contributed by atoms with Crippen LogP contribution in [0.25, 0.3) is 10.3 Å². The predicted octanol–water partition coefficient (Wildman–Crippen LogP) is 2.42. The quantitative estimate of drug-likeness (QED) is 0.852. The second-order valence-electron chi connectivity index (χ2n) is 7.01. The Morgan fingerprint density at radius 1 is 1.17 bits per heavy atom. The molecular weight excluding hydrogens is 322 g/mol. The van der Waals surface area contributed by atoms with Crippen molar-refractivity contribution in [3.63, 3.8) is 0 Å². The molecule has 2 aromatic heterocycles. The van der Waals surface area contributed by atoms with E-state index in [-0.39, 0.29) is 6.10 Å². The highest BCUT2D eigenvalue weighted by Gasteiger charge is 2.25. The molecule has 6 nitrogen and oxygen atoms in total. The number of thiazole rings is 1. The van der Waals surface area contributed by atoms with Crippen molar-refractivity contribution < 1.29 is 4.74 Å². The summed E-state index contributed by atoms with van der Waals surface area (Å²) in [6, 6.07) is 0. The zero-order valence-corrected chi connectivity index (χ0v) is 15.5. The monoisotopic (exact) mass is 349 g/mol. The van der Waals surface area contributed by atoms with Crippen LogP contribution in [0.3, 0.4) is 0 Å². The van der Waals surface area contributed by atoms with Gasteiger partial charge in [0.2, 0.25) is 0 Å². The fourth-order valence-electron chi connectivity index (χ4n) is 3.82. The molecule has 0 bridgehead atoms. The molecule has 0 amide bonds. The Balaban J connectivity index is 1.49. The number of nitrogens with zero attached hydrogens (tertiary/aromatic N) is 5. The van der Waals surface area contributed by atoms with Crippen LogP contribution in [0, 0.1) is 6.92 Å². The lowest BCUT2D eigenvalue weighted by Gasteiger charge is -2.31. The first-order valence-electron chi connectivity index (χ1n) is 9.10. The van der Waals surface area contributed by atoms with E-state index in [4.69, 9.17) is 9.72 Å². The number of fused-ring (bicyclic) bond motifs is 1. The number of piperidine rings is 1. The molecule has 4 rings (SSSR count). The molecule has 2 fully saturated rings. The third-order valence-corrected chi connectivity index (χ3v) is 6.28. The smallest absolute Gasteiger partial charge is 0.188 e. The van der Waals surface area contributed by atoms with Gasteiger partial charge in [0.25, 0.3) is 0 Å². The molecule has 2 aromatic rings. The molecule has 7 heteroatoms. The molecule has 2 aliphatic heterocycles. The van der Waals surface area contributed by atoms with E-state index in [1.54, 1.807) is 11.3 Å². The molecule has 0 spiro atoms. The summed E-state index contributed by atoms with van der Waals surface area (Å²) in [5.41, 5.74) is 2.08. The topological polar surface area (TPSA) is 46.4 Å². The van der Waals surface area contributed by atoms with E-state index in [9.17, 15) is 0 Å². The molecule has 4 heterocycles. The molecule has 0 saturated carbocycles. The highest BCUT2D eigenvalue weighted by Crippen LogP contribution is 2.31. The summed E-state index contributed by atoms with van der Waals surface area (Å²) in [4.78, 5) is 9.85. The van der Waals surface area contributed by atoms with Crippen LogP contribution in [-0.2, 0) is 11.8 Å². The van der Waals surface area contributed by atoms with Gasteiger partial charge in [0, 0.05) is 33.3 Å². The third kappa shape index (κ3) is 3.30. The van der Waals surface area contributed by atoms with Crippen LogP contribution in [0.5, 0.6) is 0 Å². The normalized spacial score (nSPS) is 23.8. The molecular formula is C17H27N5OS. The van der Waals surface area contributed by atoms with Crippen LogP contribution >= 0.6 is 11.3 Å². The van der Waals surface area contributed by atoms with Crippen molar-refractivity contribution in [2.45, 2.75) is 38.7 Å². The van der Waals surface area contributed by atoms with Gasteiger partial charge in [0.1, 0.15) is 0 Å². The molecule has 0 N–H and O–H groups in total. The lowest BCUT2D eigenvalue weighted by Crippen LogP contribution is -2.42. The fraction of sp³-hybridized carbons (Fsp3) is 0.765. The summed E-state index contributed by atoms with van der Waals surface area (Å²) in [6.45, 7) is 8.42. The number of hydrogen-bond acceptors (Lipinski definition) is 6. The highest BCUT2D eigenvalue weighted by atomic mass is 32.1. The average Bonchev–Trinajstić information content (AvgIpc) is 3.04. The number of ether oxygens (including phenoxy) is 1. The van der Waals surface area contributed by atoms with Crippen molar-refractivity contribution in [2.75, 3.05) is 44.2 Å². The van der Waals surface area contributed by atoms with Crippen LogP contribution in [0.15, 0.2) is 0 Å². The first kappa shape index (κ1) is 16.3. The predicted molar refractivity (Wildman–Crippen MR) is 98.0 cm³/mol. The Morgan fingerprint density at radius 2 is 2.00 bits per heavy atom. The Hall–Kier alpha value is -1.18. The minimum Gasteiger partial charge on any atom is -0.375 e. The van der Waals surface area contributed by atoms with E-state index in [1.807, 2.05) is 11.7 Å². The summed E-state index contributed by atoms with van der Waals surface area (Å²) in [6.07, 6.45) is 5.41. The van der Waals surface area contributed by atoms with Gasteiger partial charge in [-0.15, -0.1) is 0 Å². The second-order valence-corrected chi connectivity index (χ2v) is 7.99. The van der Waals surface area contributed by atoms with E-state index in [2.05, 4.69) is 21.8 Å². The minimum atomic E-state index is 0.289. The molecule has 0 radical (unpaired) electrons. The zero-order chi connectivity index (χ0) is 16.5. The zero-order valence-electron chi connectivity index (χ0n) is 14.7. The van der Waals surface area contributed by atoms with Gasteiger partial charge in [-0.1, -0.05) is 17.8 Å². The van der Waals surface area contributed by atoms with Gasteiger partial charge in [-0.05, 0) is 39.3 Å². The van der Waals surface area contributed by atoms with Crippen LogP contribution in [-0.4, -0.2) is 65.1 Å². The molecule has 1 unspecified atom stereocenters. The molecule has 2 saturated heterocycles. The minimum absolute atomic E-state index is 0.289. The van der Waals surface area contributed by atoms with Gasteiger partial charge in [-0.2, -0.15) is 5.10 Å². The van der Waals surface area contributed by atoms with Crippen molar-refractivity contribution in [3.05, 3.63) is 5.69 Å². The molecule has 24 heavy (non-hydrogen) atoms. The Kier molecular flexibility index (Phi) is 4.74. The van der Waals surface area contributed by atoms with Crippen molar-refractivity contribution in [1.29, 1.82) is 0 Å². The number of anilines is 1. The standard InChI is InChI=1S/C17H27N5OS/c1-13-15-16(20(2)19-13)18-17(24-15)22-9-6-10-23-14(12-22)11-21-7-4-3-5-8-21/h14H,3-12H2,1-2H3. The number of aryl methyl sites for hydroxylation is 2. The maximum absolute atomic E-state index is 6.14. The third-order valence-electron chi connectivity index (χ3n) is 5.06. The summed E-state index contributed by atoms with van der Waals surface area (Å²) >= 11 is 1.77. The number of aromatic nitrogens is 3. The fourth-order valence-corrected chi connectivity index (χ4v) is 4.89. The largest absolute Gasteiger partial charge is 0.375 e. The molecule has 1 atom stereocenters. The maximum Gasteiger partial charge on any atom is 0.188 e. The van der Waals surface area contributed by atoms with Crippen molar-refractivity contribution >= 4 is 26.8 Å². The van der Waals surface area contributed by atoms with Crippen LogP contribution in [0.2, 0.25) is 0 Å². The van der Waals surface area contributed by atoms with E-state index in [0.29, 0.717) is 0 Å². The summed E-state index contributed by atoms with van der Waals surface area (Å²) < 4.78 is 9.24. The maximum atomic E-state index is 6.14. The number of hydrogen-bond donors (Lipinski definition) is 0. The summed E-state index contributed by atoms with van der Waals surface area (Å²) in [5.74, 6) is 0. The van der Waals surface area contributed by atoms with Crippen LogP contribution in [0.4, 0.5) is 5.13 Å². The summed E-state index contributed by atoms with van der Waals surface area (Å²) in [7, 11) is 1.98. The van der Waals surface area contributed by atoms with Gasteiger partial charge in [-0.3, -0.25) is 0 Å². The van der Waals surface area contributed by atoms with Crippen molar-refractivity contribution in [3.8, 4) is 0 Å². The highest BCUT2D eigenvalue weighted by molar-refractivity contribution is 7.22. The molecule has 0 aliphatic carbocycles. The summed E-state index contributed by atoms with van der Waals surface area (Å²) in [5, 5.41) is 5.58. The van der Waals surface area contributed by atoms with Crippen molar-refractivity contribution in [2.24, 2.45) is 7.05 Å². The number of rotatable bonds is 3. The average molecular weight is 350 g/mol. The Morgan fingerprint density at radius 3 is 2.79 bits per heavy atom. The van der Waals surface area contributed by atoms with Gasteiger partial charge in [0.15, 0.2) is 10.8 Å². The molecule has 2 aliphatic rings. The van der Waals surface area contributed by atoms with Gasteiger partial charge >= 0.3 is 0 Å². The Labute approximate surface area is 147 Å². The van der Waals surface area contributed by atoms with Gasteiger partial charge in [-0.25, -0.2) is 9.67 Å². The van der Waals surface area contributed by atoms with E-state index >= 15 is 0 Å². The van der Waals surface area contributed by atoms with Crippen LogP contribution < -0.4 is 4.90 Å². The first-order valence-corrected chi connectivity index (χ1v) is 9.91. The SMILES string of the molecule is Cc1nn(C)c2nc(N3CCCOC(CN4CCCCC4)C3)sc12.